The molecule has 1 rings (SSSR count). The van der Waals surface area contributed by atoms with Crippen molar-refractivity contribution in [1.29, 1.82) is 0 Å². The second-order valence-corrected chi connectivity index (χ2v) is 6.14. The van der Waals surface area contributed by atoms with Crippen LogP contribution in [0.4, 0.5) is 0 Å². The van der Waals surface area contributed by atoms with Crippen LogP contribution in [0.1, 0.15) is 67.7 Å². The van der Waals surface area contributed by atoms with Crippen LogP contribution in [0.3, 0.4) is 0 Å². The summed E-state index contributed by atoms with van der Waals surface area (Å²) >= 11 is 0. The summed E-state index contributed by atoms with van der Waals surface area (Å²) in [5.74, 6) is 2.74. The summed E-state index contributed by atoms with van der Waals surface area (Å²) in [6, 6.07) is 0. The Kier molecular flexibility index (Phi) is 3.58. The van der Waals surface area contributed by atoms with Crippen LogP contribution in [0.15, 0.2) is 0 Å². The van der Waals surface area contributed by atoms with Gasteiger partial charge in [0.15, 0.2) is 0 Å². The summed E-state index contributed by atoms with van der Waals surface area (Å²) in [5.41, 5.74) is 1.15. The van der Waals surface area contributed by atoms with Gasteiger partial charge in [-0.2, -0.15) is 0 Å². The normalized spacial score (nSPS) is 39.2. The molecule has 0 heteroatoms. The van der Waals surface area contributed by atoms with Gasteiger partial charge in [0.05, 0.1) is 0 Å². The lowest BCUT2D eigenvalue weighted by atomic mass is 9.61. The van der Waals surface area contributed by atoms with E-state index in [4.69, 9.17) is 0 Å². The average Bonchev–Trinajstić information content (AvgIpc) is 2.72. The van der Waals surface area contributed by atoms with Crippen molar-refractivity contribution in [2.75, 3.05) is 0 Å². The van der Waals surface area contributed by atoms with Crippen molar-refractivity contribution in [3.05, 3.63) is 0 Å². The van der Waals surface area contributed by atoms with E-state index in [0.29, 0.717) is 10.8 Å². The van der Waals surface area contributed by atoms with Gasteiger partial charge in [-0.3, -0.25) is 0 Å². The van der Waals surface area contributed by atoms with Crippen LogP contribution >= 0.6 is 0 Å². The van der Waals surface area contributed by atoms with Gasteiger partial charge >= 0.3 is 0 Å². The zero-order valence-corrected chi connectivity index (χ0v) is 11.9. The Morgan fingerprint density at radius 3 is 1.67 bits per heavy atom. The minimum Gasteiger partial charge on any atom is -0.0651 e. The fourth-order valence-electron chi connectivity index (χ4n) is 4.32. The molecule has 3 atom stereocenters. The van der Waals surface area contributed by atoms with Crippen molar-refractivity contribution in [3.63, 3.8) is 0 Å². The molecule has 1 fully saturated rings. The van der Waals surface area contributed by atoms with Crippen LogP contribution < -0.4 is 0 Å². The lowest BCUT2D eigenvalue weighted by molar-refractivity contribution is 0.0538. The first-order valence-corrected chi connectivity index (χ1v) is 6.90. The Hall–Kier alpha value is 0. The highest BCUT2D eigenvalue weighted by molar-refractivity contribution is 5.13. The van der Waals surface area contributed by atoms with Crippen LogP contribution in [-0.2, 0) is 0 Å². The zero-order chi connectivity index (χ0) is 11.9. The first-order valence-electron chi connectivity index (χ1n) is 6.90. The summed E-state index contributed by atoms with van der Waals surface area (Å²) < 4.78 is 0. The molecule has 0 aromatic carbocycles. The topological polar surface area (TPSA) is 0 Å². The minimum atomic E-state index is 0.551. The highest BCUT2D eigenvalue weighted by atomic mass is 14.7. The first-order chi connectivity index (χ1) is 6.90. The van der Waals surface area contributed by atoms with Crippen LogP contribution in [0.25, 0.3) is 0 Å². The maximum Gasteiger partial charge on any atom is -0.0213 e. The molecule has 15 heavy (non-hydrogen) atoms. The van der Waals surface area contributed by atoms with E-state index in [1.807, 2.05) is 0 Å². The van der Waals surface area contributed by atoms with Gasteiger partial charge < -0.3 is 0 Å². The number of hydrogen-bond donors (Lipinski definition) is 0. The van der Waals surface area contributed by atoms with Gasteiger partial charge in [0.25, 0.3) is 0 Å². The molecule has 0 radical (unpaired) electrons. The molecule has 1 aliphatic rings. The standard InChI is InChI=1S/C15H30/c1-8-13(9-2)14(6,10-3)15(7)11(4)12(15)5/h11-13H,8-10H2,1-7H3. The summed E-state index contributed by atoms with van der Waals surface area (Å²) in [6.45, 7) is 17.1. The second kappa shape index (κ2) is 4.11. The summed E-state index contributed by atoms with van der Waals surface area (Å²) in [5, 5.41) is 0. The first kappa shape index (κ1) is 13.1. The molecule has 3 unspecified atom stereocenters. The molecule has 0 heterocycles. The Balaban J connectivity index is 2.95. The van der Waals surface area contributed by atoms with Gasteiger partial charge in [0.2, 0.25) is 0 Å². The van der Waals surface area contributed by atoms with Crippen molar-refractivity contribution in [2.24, 2.45) is 28.6 Å². The molecule has 0 aromatic heterocycles. The Morgan fingerprint density at radius 2 is 1.47 bits per heavy atom. The van der Waals surface area contributed by atoms with Crippen LogP contribution in [0.2, 0.25) is 0 Å². The molecule has 0 bridgehead atoms. The van der Waals surface area contributed by atoms with Crippen LogP contribution in [0.5, 0.6) is 0 Å². The highest BCUT2D eigenvalue weighted by Crippen LogP contribution is 2.71. The molecule has 90 valence electrons. The van der Waals surface area contributed by atoms with Crippen LogP contribution in [0, 0.1) is 28.6 Å². The van der Waals surface area contributed by atoms with Gasteiger partial charge in [0.1, 0.15) is 0 Å². The number of hydrogen-bond acceptors (Lipinski definition) is 0. The Morgan fingerprint density at radius 1 is 1.07 bits per heavy atom. The third-order valence-corrected chi connectivity index (χ3v) is 6.38. The maximum atomic E-state index is 2.55. The summed E-state index contributed by atoms with van der Waals surface area (Å²) in [6.07, 6.45) is 4.02. The molecular formula is C15H30. The summed E-state index contributed by atoms with van der Waals surface area (Å²) in [4.78, 5) is 0. The molecule has 1 saturated carbocycles. The molecule has 0 saturated heterocycles. The van der Waals surface area contributed by atoms with E-state index in [0.717, 1.165) is 17.8 Å². The van der Waals surface area contributed by atoms with Crippen molar-refractivity contribution in [1.82, 2.24) is 0 Å². The minimum absolute atomic E-state index is 0.551. The largest absolute Gasteiger partial charge is 0.0651 e. The van der Waals surface area contributed by atoms with Gasteiger partial charge in [-0.25, -0.2) is 0 Å². The van der Waals surface area contributed by atoms with Crippen molar-refractivity contribution in [3.8, 4) is 0 Å². The van der Waals surface area contributed by atoms with Crippen molar-refractivity contribution >= 4 is 0 Å². The average molecular weight is 210 g/mol. The molecule has 0 amide bonds. The van der Waals surface area contributed by atoms with Crippen molar-refractivity contribution < 1.29 is 0 Å². The Labute approximate surface area is 96.8 Å². The van der Waals surface area contributed by atoms with E-state index < -0.39 is 0 Å². The lowest BCUT2D eigenvalue weighted by Crippen LogP contribution is -2.36. The van der Waals surface area contributed by atoms with E-state index in [1.54, 1.807) is 0 Å². The monoisotopic (exact) mass is 210 g/mol. The van der Waals surface area contributed by atoms with Gasteiger partial charge in [-0.1, -0.05) is 61.3 Å². The van der Waals surface area contributed by atoms with Gasteiger partial charge in [-0.05, 0) is 35.0 Å². The van der Waals surface area contributed by atoms with E-state index in [2.05, 4.69) is 48.5 Å². The van der Waals surface area contributed by atoms with Gasteiger partial charge in [0, 0.05) is 0 Å². The molecule has 1 aliphatic carbocycles. The number of rotatable bonds is 5. The maximum absolute atomic E-state index is 2.55. The van der Waals surface area contributed by atoms with Crippen LogP contribution in [-0.4, -0.2) is 0 Å². The molecule has 0 aliphatic heterocycles. The smallest absolute Gasteiger partial charge is 0.0213 e. The zero-order valence-electron chi connectivity index (χ0n) is 11.9. The fourth-order valence-corrected chi connectivity index (χ4v) is 4.32. The lowest BCUT2D eigenvalue weighted by Gasteiger charge is -2.43. The summed E-state index contributed by atoms with van der Waals surface area (Å²) in [7, 11) is 0. The predicted octanol–water partition coefficient (Wildman–Crippen LogP) is 5.13. The fraction of sp³-hybridized carbons (Fsp3) is 1.00. The van der Waals surface area contributed by atoms with Crippen molar-refractivity contribution in [2.45, 2.75) is 67.7 Å². The second-order valence-electron chi connectivity index (χ2n) is 6.14. The third kappa shape index (κ3) is 1.56. The Bertz CT molecular complexity index is 206. The SMILES string of the molecule is CCC(CC)C(C)(CC)C1(C)C(C)C1C. The molecule has 0 spiro atoms. The van der Waals surface area contributed by atoms with E-state index in [-0.39, 0.29) is 0 Å². The van der Waals surface area contributed by atoms with E-state index >= 15 is 0 Å². The highest BCUT2D eigenvalue weighted by Gasteiger charge is 2.65. The van der Waals surface area contributed by atoms with E-state index in [9.17, 15) is 0 Å². The third-order valence-electron chi connectivity index (χ3n) is 6.38. The molecule has 0 aromatic rings. The van der Waals surface area contributed by atoms with Gasteiger partial charge in [-0.15, -0.1) is 0 Å². The molecular weight excluding hydrogens is 180 g/mol. The molecule has 0 nitrogen and oxygen atoms in total. The van der Waals surface area contributed by atoms with E-state index in [1.165, 1.54) is 19.3 Å². The predicted molar refractivity (Wildman–Crippen MR) is 68.9 cm³/mol. The quantitative estimate of drug-likeness (QED) is 0.590. The molecule has 0 N–H and O–H groups in total.